The van der Waals surface area contributed by atoms with Gasteiger partial charge in [-0.05, 0) is 12.1 Å². The molecule has 1 fully saturated rings. The SMILES string of the molecule is Nc1cc(Br)ccc1C1OCCO1. The maximum atomic E-state index is 5.81. The third-order valence-electron chi connectivity index (χ3n) is 1.92. The second-order valence-corrected chi connectivity index (χ2v) is 3.76. The summed E-state index contributed by atoms with van der Waals surface area (Å²) in [6.45, 7) is 1.28. The molecule has 1 aromatic carbocycles. The van der Waals surface area contributed by atoms with Crippen LogP contribution in [0.5, 0.6) is 0 Å². The molecule has 1 saturated heterocycles. The molecule has 0 unspecified atom stereocenters. The van der Waals surface area contributed by atoms with E-state index in [0.29, 0.717) is 18.9 Å². The molecule has 2 rings (SSSR count). The fourth-order valence-corrected chi connectivity index (χ4v) is 1.68. The molecule has 13 heavy (non-hydrogen) atoms. The molecule has 2 N–H and O–H groups in total. The van der Waals surface area contributed by atoms with Gasteiger partial charge in [0.25, 0.3) is 0 Å². The molecule has 0 bridgehead atoms. The largest absolute Gasteiger partial charge is 0.398 e. The molecular weight excluding hydrogens is 234 g/mol. The maximum absolute atomic E-state index is 5.81. The molecule has 0 aliphatic carbocycles. The summed E-state index contributed by atoms with van der Waals surface area (Å²) in [6.07, 6.45) is -0.284. The predicted molar refractivity (Wildman–Crippen MR) is 53.2 cm³/mol. The van der Waals surface area contributed by atoms with E-state index in [-0.39, 0.29) is 6.29 Å². The van der Waals surface area contributed by atoms with Crippen LogP contribution in [0.15, 0.2) is 22.7 Å². The highest BCUT2D eigenvalue weighted by Gasteiger charge is 2.20. The zero-order valence-corrected chi connectivity index (χ0v) is 8.58. The molecular formula is C9H10BrNO2. The Balaban J connectivity index is 2.29. The Bertz CT molecular complexity index is 310. The molecule has 0 aromatic heterocycles. The van der Waals surface area contributed by atoms with Crippen molar-refractivity contribution < 1.29 is 9.47 Å². The number of ether oxygens (including phenoxy) is 2. The Kier molecular flexibility index (Phi) is 2.53. The van der Waals surface area contributed by atoms with Crippen LogP contribution in [0.4, 0.5) is 5.69 Å². The van der Waals surface area contributed by atoms with Gasteiger partial charge in [-0.2, -0.15) is 0 Å². The minimum atomic E-state index is -0.284. The first-order valence-corrected chi connectivity index (χ1v) is 4.85. The van der Waals surface area contributed by atoms with Crippen molar-refractivity contribution in [3.63, 3.8) is 0 Å². The first-order valence-electron chi connectivity index (χ1n) is 4.05. The van der Waals surface area contributed by atoms with Crippen LogP contribution in [0, 0.1) is 0 Å². The van der Waals surface area contributed by atoms with Crippen LogP contribution < -0.4 is 5.73 Å². The third kappa shape index (κ3) is 1.85. The van der Waals surface area contributed by atoms with Gasteiger partial charge in [-0.25, -0.2) is 0 Å². The van der Waals surface area contributed by atoms with Gasteiger partial charge in [0, 0.05) is 15.7 Å². The zero-order valence-electron chi connectivity index (χ0n) is 7.00. The van der Waals surface area contributed by atoms with Crippen LogP contribution >= 0.6 is 15.9 Å². The number of nitrogens with two attached hydrogens (primary N) is 1. The van der Waals surface area contributed by atoms with Crippen molar-refractivity contribution >= 4 is 21.6 Å². The lowest BCUT2D eigenvalue weighted by Gasteiger charge is -2.11. The lowest BCUT2D eigenvalue weighted by atomic mass is 10.2. The van der Waals surface area contributed by atoms with Gasteiger partial charge in [-0.1, -0.05) is 22.0 Å². The lowest BCUT2D eigenvalue weighted by molar-refractivity contribution is -0.0435. The fourth-order valence-electron chi connectivity index (χ4n) is 1.30. The van der Waals surface area contributed by atoms with Crippen LogP contribution in [-0.4, -0.2) is 13.2 Å². The monoisotopic (exact) mass is 243 g/mol. The Labute approximate surface area is 85.0 Å². The van der Waals surface area contributed by atoms with E-state index >= 15 is 0 Å². The number of nitrogen functional groups attached to an aromatic ring is 1. The maximum Gasteiger partial charge on any atom is 0.186 e. The first kappa shape index (κ1) is 8.99. The van der Waals surface area contributed by atoms with E-state index in [0.717, 1.165) is 10.0 Å². The number of hydrogen-bond donors (Lipinski definition) is 1. The summed E-state index contributed by atoms with van der Waals surface area (Å²) in [7, 11) is 0. The molecule has 1 aliphatic rings. The van der Waals surface area contributed by atoms with Crippen molar-refractivity contribution in [2.75, 3.05) is 18.9 Å². The molecule has 4 heteroatoms. The highest BCUT2D eigenvalue weighted by molar-refractivity contribution is 9.10. The lowest BCUT2D eigenvalue weighted by Crippen LogP contribution is -2.02. The number of hydrogen-bond acceptors (Lipinski definition) is 3. The average molecular weight is 244 g/mol. The topological polar surface area (TPSA) is 44.5 Å². The zero-order chi connectivity index (χ0) is 9.26. The fraction of sp³-hybridized carbons (Fsp3) is 0.333. The number of benzene rings is 1. The van der Waals surface area contributed by atoms with E-state index in [4.69, 9.17) is 15.2 Å². The van der Waals surface area contributed by atoms with Gasteiger partial charge in [0.1, 0.15) is 0 Å². The Morgan fingerprint density at radius 3 is 2.62 bits per heavy atom. The van der Waals surface area contributed by atoms with Crippen molar-refractivity contribution in [1.82, 2.24) is 0 Å². The molecule has 0 saturated carbocycles. The normalized spacial score (nSPS) is 17.9. The Morgan fingerprint density at radius 1 is 1.31 bits per heavy atom. The predicted octanol–water partition coefficient (Wildman–Crippen LogP) is 2.08. The Hall–Kier alpha value is -0.580. The minimum Gasteiger partial charge on any atom is -0.398 e. The average Bonchev–Trinajstić information content (AvgIpc) is 2.56. The van der Waals surface area contributed by atoms with Crippen LogP contribution in [0.1, 0.15) is 11.9 Å². The van der Waals surface area contributed by atoms with E-state index < -0.39 is 0 Å². The number of halogens is 1. The molecule has 1 aromatic rings. The van der Waals surface area contributed by atoms with Crippen LogP contribution in [0.2, 0.25) is 0 Å². The van der Waals surface area contributed by atoms with Gasteiger partial charge < -0.3 is 15.2 Å². The van der Waals surface area contributed by atoms with Crippen molar-refractivity contribution in [2.45, 2.75) is 6.29 Å². The summed E-state index contributed by atoms with van der Waals surface area (Å²) in [6, 6.07) is 5.69. The standard InChI is InChI=1S/C9H10BrNO2/c10-6-1-2-7(8(11)5-6)9-12-3-4-13-9/h1-2,5,9H,3-4,11H2. The Morgan fingerprint density at radius 2 is 2.00 bits per heavy atom. The van der Waals surface area contributed by atoms with Crippen LogP contribution in [0.3, 0.4) is 0 Å². The minimum absolute atomic E-state index is 0.284. The number of anilines is 1. The van der Waals surface area contributed by atoms with Gasteiger partial charge in [0.15, 0.2) is 6.29 Å². The van der Waals surface area contributed by atoms with E-state index in [1.54, 1.807) is 0 Å². The van der Waals surface area contributed by atoms with Crippen LogP contribution in [0.25, 0.3) is 0 Å². The molecule has 70 valence electrons. The molecule has 1 heterocycles. The summed E-state index contributed by atoms with van der Waals surface area (Å²) in [4.78, 5) is 0. The summed E-state index contributed by atoms with van der Waals surface area (Å²) in [5.41, 5.74) is 7.41. The quantitative estimate of drug-likeness (QED) is 0.769. The van der Waals surface area contributed by atoms with E-state index in [1.807, 2.05) is 18.2 Å². The van der Waals surface area contributed by atoms with Crippen molar-refractivity contribution in [2.24, 2.45) is 0 Å². The van der Waals surface area contributed by atoms with Crippen molar-refractivity contribution in [3.8, 4) is 0 Å². The van der Waals surface area contributed by atoms with Crippen molar-refractivity contribution in [1.29, 1.82) is 0 Å². The van der Waals surface area contributed by atoms with Crippen LogP contribution in [-0.2, 0) is 9.47 Å². The number of rotatable bonds is 1. The van der Waals surface area contributed by atoms with Gasteiger partial charge in [-0.3, -0.25) is 0 Å². The van der Waals surface area contributed by atoms with E-state index in [1.165, 1.54) is 0 Å². The third-order valence-corrected chi connectivity index (χ3v) is 2.42. The summed E-state index contributed by atoms with van der Waals surface area (Å²) >= 11 is 3.34. The molecule has 0 radical (unpaired) electrons. The smallest absolute Gasteiger partial charge is 0.186 e. The van der Waals surface area contributed by atoms with Gasteiger partial charge in [0.05, 0.1) is 13.2 Å². The highest BCUT2D eigenvalue weighted by atomic mass is 79.9. The van der Waals surface area contributed by atoms with E-state index in [2.05, 4.69) is 15.9 Å². The van der Waals surface area contributed by atoms with Gasteiger partial charge in [0.2, 0.25) is 0 Å². The molecule has 0 spiro atoms. The highest BCUT2D eigenvalue weighted by Crippen LogP contribution is 2.29. The first-order chi connectivity index (χ1) is 6.27. The molecule has 0 amide bonds. The second kappa shape index (κ2) is 3.65. The second-order valence-electron chi connectivity index (χ2n) is 2.85. The van der Waals surface area contributed by atoms with Gasteiger partial charge in [-0.15, -0.1) is 0 Å². The summed E-state index contributed by atoms with van der Waals surface area (Å²) < 4.78 is 11.6. The molecule has 1 aliphatic heterocycles. The van der Waals surface area contributed by atoms with E-state index in [9.17, 15) is 0 Å². The van der Waals surface area contributed by atoms with Gasteiger partial charge >= 0.3 is 0 Å². The molecule has 0 atom stereocenters. The van der Waals surface area contributed by atoms with Crippen molar-refractivity contribution in [3.05, 3.63) is 28.2 Å². The summed E-state index contributed by atoms with van der Waals surface area (Å²) in [5, 5.41) is 0. The summed E-state index contributed by atoms with van der Waals surface area (Å²) in [5.74, 6) is 0. The molecule has 3 nitrogen and oxygen atoms in total.